The van der Waals surface area contributed by atoms with E-state index in [0.717, 1.165) is 67.6 Å². The summed E-state index contributed by atoms with van der Waals surface area (Å²) in [5.41, 5.74) is 8.72. The Morgan fingerprint density at radius 3 is 2.44 bits per heavy atom. The Labute approximate surface area is 237 Å². The minimum Gasteiger partial charge on any atom is -0.515 e. The maximum absolute atomic E-state index is 13.9. The minimum atomic E-state index is -1.00. The number of carbonyl (C=O) groups is 2. The van der Waals surface area contributed by atoms with Gasteiger partial charge < -0.3 is 30.1 Å². The number of H-pyrrole nitrogens is 3. The highest BCUT2D eigenvalue weighted by molar-refractivity contribution is 6.19. The summed E-state index contributed by atoms with van der Waals surface area (Å²) in [7, 11) is 1.33. The molecule has 1 aliphatic carbocycles. The van der Waals surface area contributed by atoms with Crippen molar-refractivity contribution in [2.24, 2.45) is 17.8 Å². The number of hydrogen-bond donors (Lipinski definition) is 5. The van der Waals surface area contributed by atoms with E-state index in [1.165, 1.54) is 7.11 Å². The Hall–Kier alpha value is -4.46. The summed E-state index contributed by atoms with van der Waals surface area (Å²) in [6.07, 6.45) is 9.78. The highest BCUT2D eigenvalue weighted by Gasteiger charge is 2.48. The van der Waals surface area contributed by atoms with Crippen LogP contribution in [-0.4, -0.2) is 45.0 Å². The molecule has 8 bridgehead atoms. The van der Waals surface area contributed by atoms with Gasteiger partial charge in [0.15, 0.2) is 5.78 Å². The summed E-state index contributed by atoms with van der Waals surface area (Å²) >= 11 is 0. The number of nitrogens with one attached hydrogen (secondary N) is 4. The smallest absolute Gasteiger partial charge is 0.320 e. The van der Waals surface area contributed by atoms with Crippen LogP contribution in [0.5, 0.6) is 0 Å². The first-order chi connectivity index (χ1) is 19.6. The molecule has 8 nitrogen and oxygen atoms in total. The number of allylic oxidation sites excluding steroid dienone is 1. The SMILES string of the molecule is C=Cc1c2[nH]c(c1C)/C=C1\NC(C3=c4[nH]/c(c(C)c4C(=O)[C@@H]3C(=O)OC)=C\c3[nH]c(/c(=C/O)c3CC)=C\2)[C@@H](C)[C@@H]1C. The molecule has 5 heterocycles. The zero-order chi connectivity index (χ0) is 29.3. The van der Waals surface area contributed by atoms with Crippen LogP contribution >= 0.6 is 0 Å². The molecule has 41 heavy (non-hydrogen) atoms. The molecular weight excluding hydrogens is 516 g/mol. The van der Waals surface area contributed by atoms with Crippen LogP contribution in [0.25, 0.3) is 36.1 Å². The van der Waals surface area contributed by atoms with Gasteiger partial charge in [-0.1, -0.05) is 33.4 Å². The minimum absolute atomic E-state index is 0.105. The van der Waals surface area contributed by atoms with E-state index in [0.29, 0.717) is 22.6 Å². The van der Waals surface area contributed by atoms with E-state index in [-0.39, 0.29) is 23.7 Å². The number of aliphatic hydroxyl groups excluding tert-OH is 1. The van der Waals surface area contributed by atoms with Crippen molar-refractivity contribution < 1.29 is 19.4 Å². The molecule has 1 fully saturated rings. The van der Waals surface area contributed by atoms with Gasteiger partial charge in [-0.05, 0) is 66.7 Å². The molecule has 0 saturated carbocycles. The number of esters is 1. The number of aromatic amines is 3. The van der Waals surface area contributed by atoms with E-state index in [9.17, 15) is 14.7 Å². The number of methoxy groups -OCH3 is 1. The predicted molar refractivity (Wildman–Crippen MR) is 161 cm³/mol. The lowest BCUT2D eigenvalue weighted by atomic mass is 9.84. The van der Waals surface area contributed by atoms with Gasteiger partial charge in [0.05, 0.1) is 30.1 Å². The number of rotatable bonds is 3. The first kappa shape index (κ1) is 26.7. The van der Waals surface area contributed by atoms with Crippen molar-refractivity contribution in [1.29, 1.82) is 0 Å². The molecule has 4 atom stereocenters. The van der Waals surface area contributed by atoms with Gasteiger partial charge in [-0.15, -0.1) is 0 Å². The maximum Gasteiger partial charge on any atom is 0.320 e. The van der Waals surface area contributed by atoms with Gasteiger partial charge in [0.1, 0.15) is 5.92 Å². The highest BCUT2D eigenvalue weighted by Crippen LogP contribution is 2.40. The third-order valence-corrected chi connectivity index (χ3v) is 9.44. The number of Topliss-reactive ketones (excluding diaryl/α,β-unsaturated/α-hetero) is 1. The van der Waals surface area contributed by atoms with Gasteiger partial charge in [-0.2, -0.15) is 0 Å². The van der Waals surface area contributed by atoms with Crippen molar-refractivity contribution in [3.63, 3.8) is 0 Å². The van der Waals surface area contributed by atoms with Crippen LogP contribution in [0.2, 0.25) is 0 Å². The lowest BCUT2D eigenvalue weighted by Gasteiger charge is -2.22. The van der Waals surface area contributed by atoms with Gasteiger partial charge in [0, 0.05) is 50.4 Å². The molecule has 0 radical (unpaired) electrons. The summed E-state index contributed by atoms with van der Waals surface area (Å²) in [6, 6.07) is -0.247. The normalized spacial score (nSPS) is 26.1. The summed E-state index contributed by atoms with van der Waals surface area (Å²) < 4.78 is 5.15. The molecule has 212 valence electrons. The number of ether oxygens (including phenoxy) is 1. The second kappa shape index (κ2) is 9.58. The van der Waals surface area contributed by atoms with Crippen LogP contribution in [0.4, 0.5) is 0 Å². The molecule has 0 amide bonds. The average Bonchev–Trinajstić information content (AvgIpc) is 3.70. The summed E-state index contributed by atoms with van der Waals surface area (Å²) in [5, 5.41) is 16.9. The quantitative estimate of drug-likeness (QED) is 0.252. The standard InChI is InChI=1S/C33H36N4O4/c1-8-18-16(5)22-10-21-14(3)15(4)30(36-21)28-29(33(40)41-7)32(39)27-17(6)23(37-31(27)28)11-25-19(9-2)20(13-38)26(35-25)12-24(18)34-22/h8,10-15,29-30,34-38H,1,9H2,2-7H3/b20-13+,21-10-,23-11-,26-12-/t14-,15-,29+,30?/m0/s1. The van der Waals surface area contributed by atoms with E-state index in [1.54, 1.807) is 0 Å². The van der Waals surface area contributed by atoms with Crippen LogP contribution in [0.15, 0.2) is 12.3 Å². The van der Waals surface area contributed by atoms with E-state index >= 15 is 0 Å². The molecule has 0 spiro atoms. The number of carbonyl (C=O) groups excluding carboxylic acids is 2. The first-order valence-corrected chi connectivity index (χ1v) is 14.1. The van der Waals surface area contributed by atoms with Crippen LogP contribution in [0.1, 0.15) is 70.5 Å². The van der Waals surface area contributed by atoms with Crippen molar-refractivity contribution in [1.82, 2.24) is 20.3 Å². The Balaban J connectivity index is 1.77. The van der Waals surface area contributed by atoms with Gasteiger partial charge in [0.2, 0.25) is 0 Å². The Bertz CT molecular complexity index is 1930. The van der Waals surface area contributed by atoms with Crippen molar-refractivity contribution in [3.05, 3.63) is 78.4 Å². The molecule has 1 unspecified atom stereocenters. The second-order valence-corrected chi connectivity index (χ2v) is 11.4. The maximum atomic E-state index is 13.9. The van der Waals surface area contributed by atoms with Crippen molar-refractivity contribution in [3.8, 4) is 0 Å². The van der Waals surface area contributed by atoms with Crippen LogP contribution in [-0.2, 0) is 16.0 Å². The zero-order valence-electron chi connectivity index (χ0n) is 24.3. The second-order valence-electron chi connectivity index (χ2n) is 11.4. The van der Waals surface area contributed by atoms with Crippen molar-refractivity contribution in [2.75, 3.05) is 7.11 Å². The van der Waals surface area contributed by atoms with Crippen LogP contribution < -0.4 is 26.6 Å². The fourth-order valence-electron chi connectivity index (χ4n) is 6.93. The molecule has 3 aromatic rings. The van der Waals surface area contributed by atoms with Gasteiger partial charge in [-0.25, -0.2) is 0 Å². The topological polar surface area (TPSA) is 123 Å². The molecule has 0 aromatic carbocycles. The number of hydrogen-bond acceptors (Lipinski definition) is 5. The molecule has 5 N–H and O–H groups in total. The van der Waals surface area contributed by atoms with Crippen LogP contribution in [0, 0.1) is 31.6 Å². The monoisotopic (exact) mass is 552 g/mol. The van der Waals surface area contributed by atoms with Crippen molar-refractivity contribution >= 4 is 47.9 Å². The largest absolute Gasteiger partial charge is 0.515 e. The fourth-order valence-corrected chi connectivity index (χ4v) is 6.93. The first-order valence-electron chi connectivity index (χ1n) is 14.1. The molecule has 8 heteroatoms. The molecule has 2 aliphatic heterocycles. The van der Waals surface area contributed by atoms with Crippen LogP contribution in [0.3, 0.4) is 0 Å². The van der Waals surface area contributed by atoms with Gasteiger partial charge >= 0.3 is 5.97 Å². The third kappa shape index (κ3) is 3.73. The lowest BCUT2D eigenvalue weighted by molar-refractivity contribution is -0.141. The molecular formula is C33H36N4O4. The number of aromatic nitrogens is 3. The zero-order valence-corrected chi connectivity index (χ0v) is 24.3. The fraction of sp³-hybridized carbons (Fsp3) is 0.333. The van der Waals surface area contributed by atoms with Crippen molar-refractivity contribution in [2.45, 2.75) is 47.1 Å². The average molecular weight is 553 g/mol. The molecule has 6 rings (SSSR count). The summed E-state index contributed by atoms with van der Waals surface area (Å²) in [4.78, 5) is 37.5. The molecule has 1 saturated heterocycles. The van der Waals surface area contributed by atoms with E-state index < -0.39 is 11.9 Å². The Morgan fingerprint density at radius 1 is 1.05 bits per heavy atom. The van der Waals surface area contributed by atoms with Gasteiger partial charge in [0.25, 0.3) is 0 Å². The Kier molecular flexibility index (Phi) is 6.25. The van der Waals surface area contributed by atoms with E-state index in [1.807, 2.05) is 32.1 Å². The number of fused-ring (bicyclic) bond motifs is 8. The van der Waals surface area contributed by atoms with E-state index in [4.69, 9.17) is 4.74 Å². The lowest BCUT2D eigenvalue weighted by Crippen LogP contribution is -2.37. The van der Waals surface area contributed by atoms with Gasteiger partial charge in [-0.3, -0.25) is 9.59 Å². The highest BCUT2D eigenvalue weighted by atomic mass is 16.5. The predicted octanol–water partition coefficient (Wildman–Crippen LogP) is 2.18. The molecule has 3 aliphatic rings. The summed E-state index contributed by atoms with van der Waals surface area (Å²) in [5.74, 6) is -1.54. The summed E-state index contributed by atoms with van der Waals surface area (Å²) in [6.45, 7) is 14.4. The Morgan fingerprint density at radius 2 is 1.78 bits per heavy atom. The third-order valence-electron chi connectivity index (χ3n) is 9.44. The number of aliphatic hydroxyl groups is 1. The number of ketones is 1. The molecule has 3 aromatic heterocycles. The van der Waals surface area contributed by atoms with E-state index in [2.05, 4.69) is 53.7 Å².